The number of hydrogen-bond donors (Lipinski definition) is 0. The highest BCUT2D eigenvalue weighted by Crippen LogP contribution is 2.39. The molecule has 1 aliphatic heterocycles. The molecule has 2 aliphatic rings. The van der Waals surface area contributed by atoms with Crippen LogP contribution in [0, 0.1) is 4.77 Å². The van der Waals surface area contributed by atoms with Gasteiger partial charge in [-0.15, -0.1) is 16.4 Å². The second-order valence-corrected chi connectivity index (χ2v) is 8.43. The van der Waals surface area contributed by atoms with Crippen molar-refractivity contribution in [1.29, 1.82) is 0 Å². The summed E-state index contributed by atoms with van der Waals surface area (Å²) < 4.78 is 5.14. The van der Waals surface area contributed by atoms with Crippen molar-refractivity contribution in [3.8, 4) is 10.7 Å². The monoisotopic (exact) mass is 398 g/mol. The van der Waals surface area contributed by atoms with Crippen LogP contribution in [0.15, 0.2) is 41.9 Å². The highest BCUT2D eigenvalue weighted by molar-refractivity contribution is 7.71. The van der Waals surface area contributed by atoms with Crippen LogP contribution in [0.5, 0.6) is 0 Å². The Morgan fingerprint density at radius 3 is 2.59 bits per heavy atom. The highest BCUT2D eigenvalue weighted by Gasteiger charge is 2.30. The van der Waals surface area contributed by atoms with Crippen LogP contribution in [0.25, 0.3) is 10.7 Å². The molecule has 3 aromatic rings. The van der Waals surface area contributed by atoms with Crippen LogP contribution in [0.1, 0.15) is 18.9 Å². The van der Waals surface area contributed by atoms with E-state index in [4.69, 9.17) is 17.3 Å². The summed E-state index contributed by atoms with van der Waals surface area (Å²) in [5.74, 6) is 2.09. The maximum atomic E-state index is 5.79. The second kappa shape index (κ2) is 7.18. The Kier molecular flexibility index (Phi) is 4.55. The Hall–Kier alpha value is -2.03. The van der Waals surface area contributed by atoms with Gasteiger partial charge in [0, 0.05) is 38.4 Å². The van der Waals surface area contributed by atoms with E-state index in [1.165, 1.54) is 17.7 Å². The van der Waals surface area contributed by atoms with Crippen LogP contribution < -0.4 is 4.90 Å². The van der Waals surface area contributed by atoms with Crippen LogP contribution in [-0.2, 0) is 6.67 Å². The zero-order valence-corrected chi connectivity index (χ0v) is 16.7. The number of aromatic nitrogens is 4. The van der Waals surface area contributed by atoms with Gasteiger partial charge in [-0.1, -0.05) is 12.1 Å². The summed E-state index contributed by atoms with van der Waals surface area (Å²) in [7, 11) is 0. The summed E-state index contributed by atoms with van der Waals surface area (Å²) in [6.07, 6.45) is 4.28. The van der Waals surface area contributed by atoms with Crippen molar-refractivity contribution < 1.29 is 0 Å². The van der Waals surface area contributed by atoms with Crippen molar-refractivity contribution in [2.75, 3.05) is 31.1 Å². The van der Waals surface area contributed by atoms with E-state index < -0.39 is 0 Å². The van der Waals surface area contributed by atoms with Crippen LogP contribution in [-0.4, -0.2) is 50.4 Å². The lowest BCUT2D eigenvalue weighted by Gasteiger charge is -2.35. The van der Waals surface area contributed by atoms with Gasteiger partial charge in [0.25, 0.3) is 0 Å². The third-order valence-corrected chi connectivity index (χ3v) is 6.48. The lowest BCUT2D eigenvalue weighted by atomic mass is 10.3. The van der Waals surface area contributed by atoms with E-state index in [2.05, 4.69) is 42.9 Å². The summed E-state index contributed by atoms with van der Waals surface area (Å²) in [5, 5.41) is 7.01. The smallest absolute Gasteiger partial charge is 0.199 e. The molecule has 0 spiro atoms. The molecule has 2 fully saturated rings. The number of hydrogen-bond acceptors (Lipinski definition) is 6. The largest absolute Gasteiger partial charge is 0.354 e. The summed E-state index contributed by atoms with van der Waals surface area (Å²) in [5.41, 5.74) is 0. The van der Waals surface area contributed by atoms with E-state index in [1.807, 2.05) is 23.0 Å². The van der Waals surface area contributed by atoms with Crippen LogP contribution in [0.4, 0.5) is 5.82 Å². The summed E-state index contributed by atoms with van der Waals surface area (Å²) in [6, 6.07) is 10.8. The molecule has 1 saturated heterocycles. The fourth-order valence-electron chi connectivity index (χ4n) is 3.60. The molecule has 0 amide bonds. The maximum Gasteiger partial charge on any atom is 0.199 e. The summed E-state index contributed by atoms with van der Waals surface area (Å²) in [6.45, 7) is 4.69. The maximum absolute atomic E-state index is 5.79. The minimum Gasteiger partial charge on any atom is -0.354 e. The molecule has 1 saturated carbocycles. The first kappa shape index (κ1) is 17.1. The number of piperazine rings is 1. The van der Waals surface area contributed by atoms with Crippen LogP contribution >= 0.6 is 23.6 Å². The zero-order chi connectivity index (χ0) is 18.2. The number of rotatable bonds is 5. The topological polar surface area (TPSA) is 42.1 Å². The molecule has 1 aliphatic carbocycles. The highest BCUT2D eigenvalue weighted by atomic mass is 32.1. The van der Waals surface area contributed by atoms with Gasteiger partial charge in [-0.05, 0) is 48.6 Å². The van der Waals surface area contributed by atoms with Gasteiger partial charge in [-0.2, -0.15) is 0 Å². The van der Waals surface area contributed by atoms with Gasteiger partial charge in [0.2, 0.25) is 0 Å². The summed E-state index contributed by atoms with van der Waals surface area (Å²) in [4.78, 5) is 10.4. The Morgan fingerprint density at radius 1 is 1.07 bits per heavy atom. The molecule has 6 nitrogen and oxygen atoms in total. The standard InChI is InChI=1S/C19H22N6S2/c26-19-24(21-18(16-4-3-13-27-16)25(19)15-6-7-15)14-22-9-11-23(12-10-22)17-5-1-2-8-20-17/h1-5,8,13,15H,6-7,9-12,14H2. The molecule has 0 aromatic carbocycles. The van der Waals surface area contributed by atoms with Crippen molar-refractivity contribution in [3.05, 3.63) is 46.7 Å². The molecule has 0 atom stereocenters. The van der Waals surface area contributed by atoms with Crippen molar-refractivity contribution in [1.82, 2.24) is 24.2 Å². The Bertz CT molecular complexity index is 950. The molecule has 5 rings (SSSR count). The quantitative estimate of drug-likeness (QED) is 0.614. The van der Waals surface area contributed by atoms with Gasteiger partial charge in [0.15, 0.2) is 10.6 Å². The zero-order valence-electron chi connectivity index (χ0n) is 15.1. The van der Waals surface area contributed by atoms with E-state index in [-0.39, 0.29) is 0 Å². The number of pyridine rings is 1. The predicted octanol–water partition coefficient (Wildman–Crippen LogP) is 3.65. The Balaban J connectivity index is 1.32. The molecule has 3 aromatic heterocycles. The number of thiophene rings is 1. The molecule has 27 heavy (non-hydrogen) atoms. The van der Waals surface area contributed by atoms with Gasteiger partial charge >= 0.3 is 0 Å². The second-order valence-electron chi connectivity index (χ2n) is 7.12. The third kappa shape index (κ3) is 3.44. The first-order chi connectivity index (χ1) is 13.3. The predicted molar refractivity (Wildman–Crippen MR) is 111 cm³/mol. The third-order valence-electron chi connectivity index (χ3n) is 5.20. The minimum atomic E-state index is 0.532. The lowest BCUT2D eigenvalue weighted by Crippen LogP contribution is -2.47. The number of nitrogens with zero attached hydrogens (tertiary/aromatic N) is 6. The van der Waals surface area contributed by atoms with Gasteiger partial charge in [0.05, 0.1) is 11.5 Å². The number of anilines is 1. The molecule has 8 heteroatoms. The summed E-state index contributed by atoms with van der Waals surface area (Å²) >= 11 is 7.52. The fraction of sp³-hybridized carbons (Fsp3) is 0.421. The van der Waals surface area contributed by atoms with E-state index in [0.717, 1.165) is 49.3 Å². The van der Waals surface area contributed by atoms with E-state index in [9.17, 15) is 0 Å². The van der Waals surface area contributed by atoms with Crippen molar-refractivity contribution in [2.24, 2.45) is 0 Å². The fourth-order valence-corrected chi connectivity index (χ4v) is 4.64. The molecule has 0 radical (unpaired) electrons. The van der Waals surface area contributed by atoms with Gasteiger partial charge in [0.1, 0.15) is 5.82 Å². The SMILES string of the molecule is S=c1n(CN2CCN(c3ccccn3)CC2)nc(-c2cccs2)n1C1CC1. The van der Waals surface area contributed by atoms with Crippen molar-refractivity contribution in [3.63, 3.8) is 0 Å². The molecule has 0 unspecified atom stereocenters. The van der Waals surface area contributed by atoms with Gasteiger partial charge in [-0.3, -0.25) is 9.47 Å². The van der Waals surface area contributed by atoms with Crippen molar-refractivity contribution in [2.45, 2.75) is 25.6 Å². The first-order valence-electron chi connectivity index (χ1n) is 9.41. The van der Waals surface area contributed by atoms with E-state index >= 15 is 0 Å². The average Bonchev–Trinajstić information content (AvgIpc) is 3.29. The van der Waals surface area contributed by atoms with Gasteiger partial charge < -0.3 is 4.90 Å². The molecule has 4 heterocycles. The molecular weight excluding hydrogens is 376 g/mol. The van der Waals surface area contributed by atoms with Crippen molar-refractivity contribution >= 4 is 29.4 Å². The lowest BCUT2D eigenvalue weighted by molar-refractivity contribution is 0.194. The Labute approximate surface area is 167 Å². The average molecular weight is 399 g/mol. The molecule has 0 N–H and O–H groups in total. The van der Waals surface area contributed by atoms with E-state index in [1.54, 1.807) is 11.3 Å². The minimum absolute atomic E-state index is 0.532. The van der Waals surface area contributed by atoms with Crippen LogP contribution in [0.3, 0.4) is 0 Å². The molecule has 0 bridgehead atoms. The Morgan fingerprint density at radius 2 is 1.93 bits per heavy atom. The molecule has 140 valence electrons. The first-order valence-corrected chi connectivity index (χ1v) is 10.7. The normalized spacial score (nSPS) is 18.1. The van der Waals surface area contributed by atoms with Crippen LogP contribution in [0.2, 0.25) is 0 Å². The van der Waals surface area contributed by atoms with E-state index in [0.29, 0.717) is 6.04 Å². The van der Waals surface area contributed by atoms with Gasteiger partial charge in [-0.25, -0.2) is 9.67 Å². The molecular formula is C19H22N6S2.